The average Bonchev–Trinajstić information content (AvgIpc) is 3.26. The van der Waals surface area contributed by atoms with Crippen LogP contribution in [0.15, 0.2) is 53.4 Å². The highest BCUT2D eigenvalue weighted by Crippen LogP contribution is 2.63. The molecule has 0 saturated heterocycles. The van der Waals surface area contributed by atoms with Gasteiger partial charge in [0.15, 0.2) is 9.84 Å². The third-order valence-electron chi connectivity index (χ3n) is 5.09. The van der Waals surface area contributed by atoms with Gasteiger partial charge in [-0.3, -0.25) is 0 Å². The van der Waals surface area contributed by atoms with Gasteiger partial charge in [-0.05, 0) is 36.8 Å². The number of rotatable bonds is 6. The number of ether oxygens (including phenoxy) is 1. The number of halogens is 1. The molecule has 1 saturated carbocycles. The van der Waals surface area contributed by atoms with Crippen LogP contribution >= 0.6 is 0 Å². The van der Waals surface area contributed by atoms with Crippen molar-refractivity contribution in [1.29, 1.82) is 0 Å². The Morgan fingerprint density at radius 3 is 2.24 bits per heavy atom. The Morgan fingerprint density at radius 1 is 1.12 bits per heavy atom. The molecular weight excluding hydrogens is 341 g/mol. The van der Waals surface area contributed by atoms with Crippen LogP contribution in [0.4, 0.5) is 4.39 Å². The Morgan fingerprint density at radius 2 is 1.72 bits per heavy atom. The first kappa shape index (κ1) is 18.0. The summed E-state index contributed by atoms with van der Waals surface area (Å²) in [6, 6.07) is 12.8. The summed E-state index contributed by atoms with van der Waals surface area (Å²) < 4.78 is 45.0. The Kier molecular flexibility index (Phi) is 4.70. The van der Waals surface area contributed by atoms with Crippen molar-refractivity contribution in [2.75, 3.05) is 20.3 Å². The zero-order chi connectivity index (χ0) is 18.2. The second-order valence-corrected chi connectivity index (χ2v) is 8.75. The van der Waals surface area contributed by atoms with Gasteiger partial charge in [0.2, 0.25) is 0 Å². The molecule has 1 aliphatic carbocycles. The summed E-state index contributed by atoms with van der Waals surface area (Å²) in [5.74, 6) is -0.670. The van der Waals surface area contributed by atoms with Gasteiger partial charge < -0.3 is 10.5 Å². The zero-order valence-electron chi connectivity index (χ0n) is 14.3. The number of hydrogen-bond donors (Lipinski definition) is 1. The highest BCUT2D eigenvalue weighted by molar-refractivity contribution is 7.92. The van der Waals surface area contributed by atoms with E-state index in [9.17, 15) is 12.8 Å². The van der Waals surface area contributed by atoms with E-state index in [0.717, 1.165) is 11.1 Å². The summed E-state index contributed by atoms with van der Waals surface area (Å²) in [7, 11) is -2.05. The molecule has 0 unspecified atom stereocenters. The number of methoxy groups -OCH3 is 1. The molecule has 3 atom stereocenters. The maximum absolute atomic E-state index is 13.3. The molecular formula is C19H22FNO3S. The van der Waals surface area contributed by atoms with Gasteiger partial charge in [0.05, 0.1) is 16.8 Å². The number of benzene rings is 2. The fourth-order valence-electron chi connectivity index (χ4n) is 3.74. The molecule has 0 radical (unpaired) electrons. The summed E-state index contributed by atoms with van der Waals surface area (Å²) in [6.07, 6.45) is 0. The number of nitrogens with two attached hydrogens (primary N) is 1. The van der Waals surface area contributed by atoms with Gasteiger partial charge in [-0.25, -0.2) is 12.8 Å². The molecule has 25 heavy (non-hydrogen) atoms. The molecule has 0 amide bonds. The van der Waals surface area contributed by atoms with E-state index in [1.54, 1.807) is 36.4 Å². The van der Waals surface area contributed by atoms with Crippen molar-refractivity contribution in [2.45, 2.75) is 23.0 Å². The molecule has 2 aromatic rings. The standard InChI is InChI=1S/C19H22FNO3S/c1-13-3-9-16(10-4-13)25(22,23)18-17(19(18,11-21)12-24-2)14-5-7-15(20)8-6-14/h3-10,17-18H,11-12,21H2,1-2H3/t17-,18-,19+/m0/s1. The van der Waals surface area contributed by atoms with E-state index in [2.05, 4.69) is 0 Å². The summed E-state index contributed by atoms with van der Waals surface area (Å²) in [4.78, 5) is 0.279. The van der Waals surface area contributed by atoms with Crippen LogP contribution in [0, 0.1) is 18.2 Å². The first-order valence-corrected chi connectivity index (χ1v) is 9.66. The lowest BCUT2D eigenvalue weighted by Crippen LogP contribution is -2.28. The Balaban J connectivity index is 2.05. The van der Waals surface area contributed by atoms with E-state index in [4.69, 9.17) is 10.5 Å². The lowest BCUT2D eigenvalue weighted by molar-refractivity contribution is 0.142. The summed E-state index contributed by atoms with van der Waals surface area (Å²) >= 11 is 0. The minimum Gasteiger partial charge on any atom is -0.384 e. The third-order valence-corrected chi connectivity index (χ3v) is 7.43. The Labute approximate surface area is 147 Å². The molecule has 1 aliphatic rings. The topological polar surface area (TPSA) is 69.4 Å². The monoisotopic (exact) mass is 363 g/mol. The Bertz CT molecular complexity index is 849. The number of sulfone groups is 1. The van der Waals surface area contributed by atoms with Crippen LogP contribution in [0.25, 0.3) is 0 Å². The van der Waals surface area contributed by atoms with Crippen LogP contribution in [0.5, 0.6) is 0 Å². The molecule has 0 aliphatic heterocycles. The molecule has 0 bridgehead atoms. The molecule has 134 valence electrons. The van der Waals surface area contributed by atoms with E-state index in [0.29, 0.717) is 0 Å². The van der Waals surface area contributed by atoms with Crippen LogP contribution in [0.2, 0.25) is 0 Å². The van der Waals surface area contributed by atoms with Gasteiger partial charge in [0.1, 0.15) is 5.82 Å². The van der Waals surface area contributed by atoms with Gasteiger partial charge in [0, 0.05) is 25.0 Å². The number of aryl methyl sites for hydroxylation is 1. The predicted octanol–water partition coefficient (Wildman–Crippen LogP) is 2.67. The Hall–Kier alpha value is -1.76. The highest BCUT2D eigenvalue weighted by atomic mass is 32.2. The zero-order valence-corrected chi connectivity index (χ0v) is 15.1. The second kappa shape index (κ2) is 6.52. The van der Waals surface area contributed by atoms with Gasteiger partial charge in [0.25, 0.3) is 0 Å². The van der Waals surface area contributed by atoms with Crippen LogP contribution in [-0.4, -0.2) is 33.9 Å². The van der Waals surface area contributed by atoms with Crippen LogP contribution in [0.1, 0.15) is 17.0 Å². The lowest BCUT2D eigenvalue weighted by atomic mass is 10.00. The summed E-state index contributed by atoms with van der Waals surface area (Å²) in [5.41, 5.74) is 7.05. The van der Waals surface area contributed by atoms with Crippen LogP contribution < -0.4 is 5.73 Å². The number of hydrogen-bond acceptors (Lipinski definition) is 4. The fraction of sp³-hybridized carbons (Fsp3) is 0.368. The van der Waals surface area contributed by atoms with E-state index in [1.165, 1.54) is 19.2 Å². The molecule has 2 aromatic carbocycles. The molecule has 0 heterocycles. The van der Waals surface area contributed by atoms with Crippen molar-refractivity contribution < 1.29 is 17.5 Å². The van der Waals surface area contributed by atoms with Gasteiger partial charge >= 0.3 is 0 Å². The minimum atomic E-state index is -3.59. The van der Waals surface area contributed by atoms with Crippen molar-refractivity contribution in [3.05, 3.63) is 65.5 Å². The van der Waals surface area contributed by atoms with E-state index in [-0.39, 0.29) is 29.8 Å². The highest BCUT2D eigenvalue weighted by Gasteiger charge is 2.70. The van der Waals surface area contributed by atoms with Crippen molar-refractivity contribution in [3.63, 3.8) is 0 Å². The first-order chi connectivity index (χ1) is 11.9. The maximum atomic E-state index is 13.3. The summed E-state index contributed by atoms with van der Waals surface area (Å²) in [6.45, 7) is 2.32. The third kappa shape index (κ3) is 2.99. The smallest absolute Gasteiger partial charge is 0.182 e. The van der Waals surface area contributed by atoms with E-state index < -0.39 is 20.5 Å². The lowest BCUT2D eigenvalue weighted by Gasteiger charge is -2.15. The van der Waals surface area contributed by atoms with Crippen molar-refractivity contribution in [3.8, 4) is 0 Å². The van der Waals surface area contributed by atoms with Crippen LogP contribution in [0.3, 0.4) is 0 Å². The van der Waals surface area contributed by atoms with Crippen molar-refractivity contribution in [1.82, 2.24) is 0 Å². The van der Waals surface area contributed by atoms with Crippen LogP contribution in [-0.2, 0) is 14.6 Å². The first-order valence-electron chi connectivity index (χ1n) is 8.12. The normalized spacial score (nSPS) is 25.8. The quantitative estimate of drug-likeness (QED) is 0.857. The molecule has 2 N–H and O–H groups in total. The molecule has 0 spiro atoms. The molecule has 0 aromatic heterocycles. The largest absolute Gasteiger partial charge is 0.384 e. The average molecular weight is 363 g/mol. The molecule has 3 rings (SSSR count). The minimum absolute atomic E-state index is 0.179. The van der Waals surface area contributed by atoms with Gasteiger partial charge in [-0.15, -0.1) is 0 Å². The maximum Gasteiger partial charge on any atom is 0.182 e. The second-order valence-electron chi connectivity index (χ2n) is 6.68. The fourth-order valence-corrected chi connectivity index (χ4v) is 6.18. The predicted molar refractivity (Wildman–Crippen MR) is 94.7 cm³/mol. The SMILES string of the molecule is COC[C@]1(CN)[C@@H](c2ccc(F)cc2)[C@@H]1S(=O)(=O)c1ccc(C)cc1. The molecule has 1 fully saturated rings. The van der Waals surface area contributed by atoms with E-state index in [1.807, 2.05) is 6.92 Å². The van der Waals surface area contributed by atoms with Gasteiger partial charge in [-0.1, -0.05) is 29.8 Å². The summed E-state index contributed by atoms with van der Waals surface area (Å²) in [5, 5.41) is -0.682. The van der Waals surface area contributed by atoms with E-state index >= 15 is 0 Å². The molecule has 4 nitrogen and oxygen atoms in total. The van der Waals surface area contributed by atoms with Crippen molar-refractivity contribution in [2.24, 2.45) is 11.1 Å². The van der Waals surface area contributed by atoms with Crippen molar-refractivity contribution >= 4 is 9.84 Å². The van der Waals surface area contributed by atoms with Gasteiger partial charge in [-0.2, -0.15) is 0 Å². The molecule has 6 heteroatoms.